The molecule has 0 bridgehead atoms. The molecule has 4 aromatic rings. The number of cyclic esters (lactones) is 1. The van der Waals surface area contributed by atoms with E-state index in [1.165, 1.54) is 0 Å². The third-order valence-electron chi connectivity index (χ3n) is 4.94. The summed E-state index contributed by atoms with van der Waals surface area (Å²) < 4.78 is 12.3. The Hall–Kier alpha value is -3.79. The van der Waals surface area contributed by atoms with Gasteiger partial charge in [-0.1, -0.05) is 66.7 Å². The fourth-order valence-electron chi connectivity index (χ4n) is 3.59. The van der Waals surface area contributed by atoms with Crippen LogP contribution in [-0.2, 0) is 10.5 Å². The van der Waals surface area contributed by atoms with Crippen LogP contribution in [0.15, 0.2) is 91.0 Å². The standard InChI is InChI=1S/C24H16O4/c25-20-12-11-16-15-22-21(14-17(16)13-20)23(26)28-24(27-22,18-7-3-1-4-8-18)19-9-5-2-6-10-19/h1-15,25H. The molecule has 28 heavy (non-hydrogen) atoms. The van der Waals surface area contributed by atoms with Gasteiger partial charge in [-0.3, -0.25) is 0 Å². The van der Waals surface area contributed by atoms with Crippen LogP contribution in [0.2, 0.25) is 0 Å². The number of aromatic hydroxyl groups is 1. The highest BCUT2D eigenvalue weighted by molar-refractivity contribution is 6.00. The first-order chi connectivity index (χ1) is 13.7. The van der Waals surface area contributed by atoms with Crippen molar-refractivity contribution in [1.29, 1.82) is 0 Å². The number of carbonyl (C=O) groups excluding carboxylic acids is 1. The van der Waals surface area contributed by atoms with Crippen LogP contribution in [0.5, 0.6) is 11.5 Å². The second-order valence-corrected chi connectivity index (χ2v) is 6.72. The van der Waals surface area contributed by atoms with Gasteiger partial charge in [0.2, 0.25) is 0 Å². The summed E-state index contributed by atoms with van der Waals surface area (Å²) in [7, 11) is 0. The summed E-state index contributed by atoms with van der Waals surface area (Å²) in [6.45, 7) is 0. The summed E-state index contributed by atoms with van der Waals surface area (Å²) in [5.41, 5.74) is 1.79. The minimum atomic E-state index is -1.36. The third-order valence-corrected chi connectivity index (χ3v) is 4.94. The summed E-state index contributed by atoms with van der Waals surface area (Å²) >= 11 is 0. The van der Waals surface area contributed by atoms with Crippen LogP contribution in [0.25, 0.3) is 10.8 Å². The average Bonchev–Trinajstić information content (AvgIpc) is 2.74. The van der Waals surface area contributed by atoms with Crippen molar-refractivity contribution >= 4 is 16.7 Å². The molecule has 5 rings (SSSR count). The lowest BCUT2D eigenvalue weighted by molar-refractivity contribution is -0.131. The Bertz CT molecular complexity index is 1140. The molecule has 0 radical (unpaired) electrons. The lowest BCUT2D eigenvalue weighted by Crippen LogP contribution is -2.43. The molecule has 0 fully saturated rings. The summed E-state index contributed by atoms with van der Waals surface area (Å²) in [6, 6.07) is 27.4. The fourth-order valence-corrected chi connectivity index (χ4v) is 3.59. The van der Waals surface area contributed by atoms with E-state index in [1.54, 1.807) is 24.3 Å². The molecular formula is C24H16O4. The molecule has 0 aliphatic carbocycles. The van der Waals surface area contributed by atoms with Crippen LogP contribution >= 0.6 is 0 Å². The molecule has 4 nitrogen and oxygen atoms in total. The fraction of sp³-hybridized carbons (Fsp3) is 0.0417. The van der Waals surface area contributed by atoms with E-state index in [0.717, 1.165) is 21.9 Å². The number of hydrogen-bond acceptors (Lipinski definition) is 4. The van der Waals surface area contributed by atoms with E-state index in [-0.39, 0.29) is 5.75 Å². The van der Waals surface area contributed by atoms with Crippen LogP contribution in [0.3, 0.4) is 0 Å². The second-order valence-electron chi connectivity index (χ2n) is 6.72. The highest BCUT2D eigenvalue weighted by Gasteiger charge is 2.46. The largest absolute Gasteiger partial charge is 0.508 e. The molecule has 0 saturated heterocycles. The minimum absolute atomic E-state index is 0.139. The molecule has 0 aromatic heterocycles. The number of hydrogen-bond donors (Lipinski definition) is 1. The Morgan fingerprint density at radius 3 is 1.96 bits per heavy atom. The zero-order valence-electron chi connectivity index (χ0n) is 14.8. The first kappa shape index (κ1) is 16.4. The number of rotatable bonds is 2. The SMILES string of the molecule is O=C1OC(c2ccccc2)(c2ccccc2)Oc2cc3ccc(O)cc3cc21. The maximum absolute atomic E-state index is 13.0. The molecule has 0 spiro atoms. The number of benzene rings is 4. The Labute approximate surface area is 161 Å². The van der Waals surface area contributed by atoms with Gasteiger partial charge in [0, 0.05) is 11.1 Å². The van der Waals surface area contributed by atoms with Crippen molar-refractivity contribution in [2.24, 2.45) is 0 Å². The smallest absolute Gasteiger partial charge is 0.345 e. The zero-order chi connectivity index (χ0) is 19.1. The van der Waals surface area contributed by atoms with E-state index in [2.05, 4.69) is 0 Å². The van der Waals surface area contributed by atoms with Crippen LogP contribution in [0, 0.1) is 0 Å². The van der Waals surface area contributed by atoms with Crippen molar-refractivity contribution in [3.8, 4) is 11.5 Å². The third kappa shape index (κ3) is 2.50. The average molecular weight is 368 g/mol. The van der Waals surface area contributed by atoms with Gasteiger partial charge in [-0.15, -0.1) is 0 Å². The zero-order valence-corrected chi connectivity index (χ0v) is 14.8. The Morgan fingerprint density at radius 1 is 0.679 bits per heavy atom. The molecule has 0 saturated carbocycles. The number of carbonyl (C=O) groups is 1. The predicted octanol–water partition coefficient (Wildman–Crippen LogP) is 5.00. The van der Waals surface area contributed by atoms with Crippen molar-refractivity contribution in [2.45, 2.75) is 5.79 Å². The van der Waals surface area contributed by atoms with E-state index in [9.17, 15) is 9.90 Å². The number of phenols is 1. The normalized spacial score (nSPS) is 14.8. The van der Waals surface area contributed by atoms with Crippen LogP contribution in [0.4, 0.5) is 0 Å². The highest BCUT2D eigenvalue weighted by Crippen LogP contribution is 2.43. The quantitative estimate of drug-likeness (QED) is 0.506. The van der Waals surface area contributed by atoms with E-state index < -0.39 is 11.8 Å². The predicted molar refractivity (Wildman–Crippen MR) is 105 cm³/mol. The van der Waals surface area contributed by atoms with Crippen molar-refractivity contribution in [3.05, 3.63) is 108 Å². The van der Waals surface area contributed by atoms with Crippen molar-refractivity contribution in [2.75, 3.05) is 0 Å². The summed E-state index contributed by atoms with van der Waals surface area (Å²) in [5, 5.41) is 11.3. The molecule has 0 amide bonds. The van der Waals surface area contributed by atoms with Gasteiger partial charge in [0.25, 0.3) is 0 Å². The van der Waals surface area contributed by atoms with Gasteiger partial charge in [-0.05, 0) is 35.0 Å². The van der Waals surface area contributed by atoms with Gasteiger partial charge in [-0.25, -0.2) is 4.79 Å². The second kappa shape index (κ2) is 6.13. The Balaban J connectivity index is 1.74. The van der Waals surface area contributed by atoms with Crippen LogP contribution in [-0.4, -0.2) is 11.1 Å². The minimum Gasteiger partial charge on any atom is -0.508 e. The molecular weight excluding hydrogens is 352 g/mol. The van der Waals surface area contributed by atoms with Gasteiger partial charge in [0.15, 0.2) is 0 Å². The Morgan fingerprint density at radius 2 is 1.32 bits per heavy atom. The van der Waals surface area contributed by atoms with E-state index >= 15 is 0 Å². The van der Waals surface area contributed by atoms with Crippen LogP contribution < -0.4 is 4.74 Å². The molecule has 1 N–H and O–H groups in total. The number of fused-ring (bicyclic) bond motifs is 2. The maximum atomic E-state index is 13.0. The molecule has 0 atom stereocenters. The lowest BCUT2D eigenvalue weighted by atomic mass is 9.95. The van der Waals surface area contributed by atoms with Crippen molar-refractivity contribution in [3.63, 3.8) is 0 Å². The van der Waals surface area contributed by atoms with Gasteiger partial charge in [0.1, 0.15) is 17.1 Å². The number of phenolic OH excluding ortho intramolecular Hbond substituents is 1. The van der Waals surface area contributed by atoms with E-state index in [0.29, 0.717) is 11.3 Å². The maximum Gasteiger partial charge on any atom is 0.345 e. The first-order valence-electron chi connectivity index (χ1n) is 8.96. The van der Waals surface area contributed by atoms with E-state index in [1.807, 2.05) is 66.7 Å². The molecule has 4 aromatic carbocycles. The monoisotopic (exact) mass is 368 g/mol. The van der Waals surface area contributed by atoms with E-state index in [4.69, 9.17) is 9.47 Å². The summed E-state index contributed by atoms with van der Waals surface area (Å²) in [5.74, 6) is -1.25. The molecule has 1 aliphatic heterocycles. The molecule has 4 heteroatoms. The van der Waals surface area contributed by atoms with Gasteiger partial charge in [-0.2, -0.15) is 0 Å². The first-order valence-corrected chi connectivity index (χ1v) is 8.96. The van der Waals surface area contributed by atoms with Crippen LogP contribution in [0.1, 0.15) is 21.5 Å². The molecule has 0 unspecified atom stereocenters. The topological polar surface area (TPSA) is 55.8 Å². The summed E-state index contributed by atoms with van der Waals surface area (Å²) in [6.07, 6.45) is 0. The molecule has 1 aliphatic rings. The summed E-state index contributed by atoms with van der Waals surface area (Å²) in [4.78, 5) is 13.0. The van der Waals surface area contributed by atoms with Crippen molar-refractivity contribution in [1.82, 2.24) is 0 Å². The highest BCUT2D eigenvalue weighted by atomic mass is 16.7. The molecule has 1 heterocycles. The molecule has 136 valence electrons. The lowest BCUT2D eigenvalue weighted by Gasteiger charge is -2.38. The Kier molecular flexibility index (Phi) is 3.59. The van der Waals surface area contributed by atoms with Crippen molar-refractivity contribution < 1.29 is 19.4 Å². The number of esters is 1. The van der Waals surface area contributed by atoms with Gasteiger partial charge >= 0.3 is 11.8 Å². The number of ether oxygens (including phenoxy) is 2. The van der Waals surface area contributed by atoms with Gasteiger partial charge in [0.05, 0.1) is 0 Å². The van der Waals surface area contributed by atoms with Gasteiger partial charge < -0.3 is 14.6 Å².